The Morgan fingerprint density at radius 1 is 1.22 bits per heavy atom. The van der Waals surface area contributed by atoms with E-state index in [1.54, 1.807) is 6.20 Å². The average molecular weight is 257 g/mol. The van der Waals surface area contributed by atoms with Crippen molar-refractivity contribution in [2.75, 3.05) is 0 Å². The van der Waals surface area contributed by atoms with E-state index in [-0.39, 0.29) is 0 Å². The monoisotopic (exact) mass is 257 g/mol. The number of para-hydroxylation sites is 2. The van der Waals surface area contributed by atoms with Crippen LogP contribution in [0.3, 0.4) is 0 Å². The van der Waals surface area contributed by atoms with E-state index in [1.165, 1.54) is 11.8 Å². The van der Waals surface area contributed by atoms with Crippen LogP contribution in [-0.4, -0.2) is 9.97 Å². The van der Waals surface area contributed by atoms with E-state index in [0.29, 0.717) is 11.8 Å². The maximum Gasteiger partial charge on any atom is 0.263 e. The van der Waals surface area contributed by atoms with Gasteiger partial charge in [0.15, 0.2) is 5.58 Å². The smallest absolute Gasteiger partial charge is 0.263 e. The molecular formula is C13H11N3OS. The predicted octanol–water partition coefficient (Wildman–Crippen LogP) is 2.83. The van der Waals surface area contributed by atoms with Gasteiger partial charge in [0.25, 0.3) is 5.22 Å². The fraction of sp³-hybridized carbons (Fsp3) is 0.0769. The third-order valence-corrected chi connectivity index (χ3v) is 3.28. The summed E-state index contributed by atoms with van der Waals surface area (Å²) in [5, 5.41) is 1.43. The second-order valence-corrected chi connectivity index (χ2v) is 4.73. The van der Waals surface area contributed by atoms with Gasteiger partial charge in [-0.05, 0) is 41.6 Å². The van der Waals surface area contributed by atoms with Crippen LogP contribution in [-0.2, 0) is 6.54 Å². The fourth-order valence-electron chi connectivity index (χ4n) is 1.62. The molecule has 0 unspecified atom stereocenters. The molecule has 4 nitrogen and oxygen atoms in total. The number of fused-ring (bicyclic) bond motifs is 1. The normalized spacial score (nSPS) is 10.9. The van der Waals surface area contributed by atoms with Crippen LogP contribution in [0.1, 0.15) is 5.56 Å². The number of pyridine rings is 1. The zero-order valence-corrected chi connectivity index (χ0v) is 10.4. The Labute approximate surface area is 108 Å². The maximum atomic E-state index is 5.63. The first kappa shape index (κ1) is 11.3. The van der Waals surface area contributed by atoms with E-state index in [2.05, 4.69) is 9.97 Å². The molecule has 0 radical (unpaired) electrons. The minimum atomic E-state index is 0.504. The molecule has 2 aromatic heterocycles. The number of rotatable bonds is 3. The van der Waals surface area contributed by atoms with E-state index in [0.717, 1.165) is 21.7 Å². The standard InChI is InChI=1S/C13H11N3OS/c14-8-9-5-6-15-12(7-9)18-13-16-10-3-1-2-4-11(10)17-13/h1-7H,8,14H2. The zero-order valence-electron chi connectivity index (χ0n) is 9.54. The molecule has 0 atom stereocenters. The highest BCUT2D eigenvalue weighted by Gasteiger charge is 2.07. The van der Waals surface area contributed by atoms with E-state index < -0.39 is 0 Å². The minimum Gasteiger partial charge on any atom is -0.431 e. The van der Waals surface area contributed by atoms with Gasteiger partial charge in [-0.2, -0.15) is 0 Å². The van der Waals surface area contributed by atoms with Crippen LogP contribution in [0.2, 0.25) is 0 Å². The number of benzene rings is 1. The van der Waals surface area contributed by atoms with Crippen molar-refractivity contribution < 1.29 is 4.42 Å². The minimum absolute atomic E-state index is 0.504. The van der Waals surface area contributed by atoms with E-state index in [4.69, 9.17) is 10.2 Å². The molecule has 0 aliphatic rings. The molecule has 18 heavy (non-hydrogen) atoms. The van der Waals surface area contributed by atoms with Crippen molar-refractivity contribution in [2.24, 2.45) is 5.73 Å². The van der Waals surface area contributed by atoms with Crippen molar-refractivity contribution >= 4 is 22.9 Å². The second kappa shape index (κ2) is 4.80. The number of aromatic nitrogens is 2. The first-order valence-electron chi connectivity index (χ1n) is 5.53. The molecule has 1 aromatic carbocycles. The summed E-state index contributed by atoms with van der Waals surface area (Å²) < 4.78 is 5.63. The van der Waals surface area contributed by atoms with Crippen LogP contribution in [0.15, 0.2) is 57.3 Å². The molecular weight excluding hydrogens is 246 g/mol. The van der Waals surface area contributed by atoms with Gasteiger partial charge in [0.2, 0.25) is 0 Å². The average Bonchev–Trinajstić information content (AvgIpc) is 2.81. The number of nitrogens with zero attached hydrogens (tertiary/aromatic N) is 2. The Morgan fingerprint density at radius 3 is 2.94 bits per heavy atom. The third-order valence-electron chi connectivity index (χ3n) is 2.50. The van der Waals surface area contributed by atoms with Gasteiger partial charge >= 0.3 is 0 Å². The van der Waals surface area contributed by atoms with E-state index >= 15 is 0 Å². The molecule has 90 valence electrons. The topological polar surface area (TPSA) is 64.9 Å². The number of nitrogens with two attached hydrogens (primary N) is 1. The van der Waals surface area contributed by atoms with E-state index in [1.807, 2.05) is 36.4 Å². The largest absolute Gasteiger partial charge is 0.431 e. The summed E-state index contributed by atoms with van der Waals surface area (Å²) >= 11 is 1.40. The van der Waals surface area contributed by atoms with Gasteiger partial charge in [-0.3, -0.25) is 0 Å². The third kappa shape index (κ3) is 2.23. The Balaban J connectivity index is 1.91. The Hall–Kier alpha value is -1.85. The molecule has 0 spiro atoms. The molecule has 0 aliphatic carbocycles. The van der Waals surface area contributed by atoms with Crippen LogP contribution >= 0.6 is 11.8 Å². The molecule has 3 aromatic rings. The second-order valence-electron chi connectivity index (χ2n) is 3.76. The van der Waals surface area contributed by atoms with Crippen molar-refractivity contribution in [3.63, 3.8) is 0 Å². The summed E-state index contributed by atoms with van der Waals surface area (Å²) in [4.78, 5) is 8.65. The SMILES string of the molecule is NCc1ccnc(Sc2nc3ccccc3o2)c1. The summed E-state index contributed by atoms with van der Waals surface area (Å²) in [5.41, 5.74) is 8.29. The highest BCUT2D eigenvalue weighted by atomic mass is 32.2. The molecule has 0 fully saturated rings. The lowest BCUT2D eigenvalue weighted by molar-refractivity contribution is 0.489. The first-order chi connectivity index (χ1) is 8.85. The Morgan fingerprint density at radius 2 is 2.11 bits per heavy atom. The molecule has 0 aliphatic heterocycles. The molecule has 5 heteroatoms. The molecule has 0 amide bonds. The number of hydrogen-bond acceptors (Lipinski definition) is 5. The van der Waals surface area contributed by atoms with E-state index in [9.17, 15) is 0 Å². The van der Waals surface area contributed by atoms with Crippen LogP contribution in [0.25, 0.3) is 11.1 Å². The van der Waals surface area contributed by atoms with Gasteiger partial charge in [0, 0.05) is 12.7 Å². The van der Waals surface area contributed by atoms with Gasteiger partial charge in [-0.25, -0.2) is 9.97 Å². The quantitative estimate of drug-likeness (QED) is 0.781. The summed E-state index contributed by atoms with van der Waals surface area (Å²) in [7, 11) is 0. The van der Waals surface area contributed by atoms with Crippen LogP contribution in [0, 0.1) is 0 Å². The molecule has 2 N–H and O–H groups in total. The fourth-order valence-corrected chi connectivity index (χ4v) is 2.40. The number of oxazole rings is 1. The zero-order chi connectivity index (χ0) is 12.4. The van der Waals surface area contributed by atoms with Gasteiger partial charge in [0.1, 0.15) is 10.5 Å². The summed E-state index contributed by atoms with van der Waals surface area (Å²) in [6, 6.07) is 11.5. The van der Waals surface area contributed by atoms with Crippen LogP contribution in [0.4, 0.5) is 0 Å². The Bertz CT molecular complexity index is 648. The number of hydrogen-bond donors (Lipinski definition) is 1. The van der Waals surface area contributed by atoms with Crippen molar-refractivity contribution in [1.29, 1.82) is 0 Å². The maximum absolute atomic E-state index is 5.63. The lowest BCUT2D eigenvalue weighted by Gasteiger charge is -1.98. The molecule has 3 rings (SSSR count). The highest BCUT2D eigenvalue weighted by Crippen LogP contribution is 2.28. The van der Waals surface area contributed by atoms with Crippen molar-refractivity contribution in [3.05, 3.63) is 48.2 Å². The summed E-state index contributed by atoms with van der Waals surface area (Å²) in [6.45, 7) is 0.504. The van der Waals surface area contributed by atoms with Gasteiger partial charge in [-0.15, -0.1) is 0 Å². The van der Waals surface area contributed by atoms with Gasteiger partial charge < -0.3 is 10.2 Å². The van der Waals surface area contributed by atoms with Crippen LogP contribution in [0.5, 0.6) is 0 Å². The van der Waals surface area contributed by atoms with Crippen molar-refractivity contribution in [1.82, 2.24) is 9.97 Å². The first-order valence-corrected chi connectivity index (χ1v) is 6.35. The molecule has 2 heterocycles. The molecule has 0 saturated carbocycles. The Kier molecular flexibility index (Phi) is 3.00. The highest BCUT2D eigenvalue weighted by molar-refractivity contribution is 7.99. The molecule has 0 saturated heterocycles. The van der Waals surface area contributed by atoms with Gasteiger partial charge in [-0.1, -0.05) is 12.1 Å². The van der Waals surface area contributed by atoms with Gasteiger partial charge in [0.05, 0.1) is 0 Å². The van der Waals surface area contributed by atoms with Crippen molar-refractivity contribution in [2.45, 2.75) is 16.8 Å². The van der Waals surface area contributed by atoms with Crippen molar-refractivity contribution in [3.8, 4) is 0 Å². The lowest BCUT2D eigenvalue weighted by Crippen LogP contribution is -1.96. The summed E-state index contributed by atoms with van der Waals surface area (Å²) in [5.74, 6) is 0. The predicted molar refractivity (Wildman–Crippen MR) is 70.3 cm³/mol. The van der Waals surface area contributed by atoms with Crippen LogP contribution < -0.4 is 5.73 Å². The summed E-state index contributed by atoms with van der Waals surface area (Å²) in [6.07, 6.45) is 1.74. The lowest BCUT2D eigenvalue weighted by atomic mass is 10.3. The molecule has 0 bridgehead atoms.